The van der Waals surface area contributed by atoms with Crippen LogP contribution in [0, 0.1) is 0 Å². The van der Waals surface area contributed by atoms with Gasteiger partial charge in [-0.15, -0.1) is 0 Å². The lowest BCUT2D eigenvalue weighted by Gasteiger charge is -2.32. The van der Waals surface area contributed by atoms with Crippen molar-refractivity contribution < 1.29 is 19.0 Å². The minimum atomic E-state index is -0.460. The molecule has 2 atom stereocenters. The van der Waals surface area contributed by atoms with Crippen LogP contribution in [0.25, 0.3) is 0 Å². The van der Waals surface area contributed by atoms with Crippen molar-refractivity contribution in [3.63, 3.8) is 0 Å². The Hall–Kier alpha value is -2.41. The zero-order chi connectivity index (χ0) is 19.1. The fourth-order valence-corrected chi connectivity index (χ4v) is 2.88. The van der Waals surface area contributed by atoms with Crippen LogP contribution in [0.1, 0.15) is 32.3 Å². The minimum absolute atomic E-state index is 0.00989. The Bertz CT molecular complexity index is 628. The Morgan fingerprint density at radius 2 is 1.85 bits per heavy atom. The number of carbonyl (C=O) groups excluding carboxylic acids is 1. The van der Waals surface area contributed by atoms with E-state index in [0.717, 1.165) is 23.4 Å². The van der Waals surface area contributed by atoms with Crippen molar-refractivity contribution in [3.05, 3.63) is 41.2 Å². The number of methoxy groups -OCH3 is 2. The summed E-state index contributed by atoms with van der Waals surface area (Å²) in [4.78, 5) is 11.9. The van der Waals surface area contributed by atoms with Gasteiger partial charge in [0.1, 0.15) is 11.9 Å². The molecular weight excluding hydrogens is 334 g/mol. The van der Waals surface area contributed by atoms with E-state index in [0.29, 0.717) is 18.7 Å². The quantitative estimate of drug-likeness (QED) is 0.688. The van der Waals surface area contributed by atoms with Gasteiger partial charge in [0.15, 0.2) is 0 Å². The van der Waals surface area contributed by atoms with E-state index in [2.05, 4.69) is 10.6 Å². The van der Waals surface area contributed by atoms with Crippen LogP contribution in [-0.2, 0) is 16.0 Å². The molecule has 0 radical (unpaired) electrons. The molecule has 0 saturated carbocycles. The van der Waals surface area contributed by atoms with E-state index < -0.39 is 12.2 Å². The second-order valence-corrected chi connectivity index (χ2v) is 6.57. The van der Waals surface area contributed by atoms with Gasteiger partial charge in [0, 0.05) is 19.7 Å². The van der Waals surface area contributed by atoms with Crippen molar-refractivity contribution >= 4 is 6.09 Å². The zero-order valence-electron chi connectivity index (χ0n) is 15.9. The first-order valence-electron chi connectivity index (χ1n) is 8.80. The molecule has 7 nitrogen and oxygen atoms in total. The molecule has 1 aromatic rings. The summed E-state index contributed by atoms with van der Waals surface area (Å²) in [7, 11) is 3.29. The fraction of sp³-hybridized carbons (Fsp3) is 0.526. The zero-order valence-corrected chi connectivity index (χ0v) is 15.9. The molecule has 1 aliphatic rings. The van der Waals surface area contributed by atoms with E-state index in [9.17, 15) is 4.79 Å². The number of nitrogens with two attached hydrogens (primary N) is 1. The molecule has 0 aromatic heterocycles. The van der Waals surface area contributed by atoms with Crippen molar-refractivity contribution in [3.8, 4) is 5.75 Å². The lowest BCUT2D eigenvalue weighted by atomic mass is 9.95. The van der Waals surface area contributed by atoms with Gasteiger partial charge in [-0.1, -0.05) is 12.1 Å². The summed E-state index contributed by atoms with van der Waals surface area (Å²) < 4.78 is 16.2. The Labute approximate surface area is 154 Å². The molecule has 144 valence electrons. The topological polar surface area (TPSA) is 94.8 Å². The van der Waals surface area contributed by atoms with Gasteiger partial charge in [-0.25, -0.2) is 4.79 Å². The third kappa shape index (κ3) is 5.29. The molecule has 4 N–H and O–H groups in total. The molecule has 0 heterocycles. The lowest BCUT2D eigenvalue weighted by Crippen LogP contribution is -2.42. The summed E-state index contributed by atoms with van der Waals surface area (Å²) in [6.45, 7) is 4.35. The molecule has 0 fully saturated rings. The van der Waals surface area contributed by atoms with E-state index >= 15 is 0 Å². The van der Waals surface area contributed by atoms with Crippen LogP contribution in [0.5, 0.6) is 5.75 Å². The second kappa shape index (κ2) is 9.33. The summed E-state index contributed by atoms with van der Waals surface area (Å²) in [5, 5.41) is 6.06. The monoisotopic (exact) mass is 363 g/mol. The highest BCUT2D eigenvalue weighted by Crippen LogP contribution is 2.26. The molecule has 1 unspecified atom stereocenters. The number of carbonyl (C=O) groups is 1. The van der Waals surface area contributed by atoms with Crippen LogP contribution < -0.4 is 21.1 Å². The van der Waals surface area contributed by atoms with Gasteiger partial charge in [0.25, 0.3) is 0 Å². The lowest BCUT2D eigenvalue weighted by molar-refractivity contribution is 0.0629. The maximum Gasteiger partial charge on any atom is 0.407 e. The number of rotatable bonds is 7. The third-order valence-electron chi connectivity index (χ3n) is 4.25. The maximum atomic E-state index is 11.9. The van der Waals surface area contributed by atoms with Crippen molar-refractivity contribution in [1.82, 2.24) is 10.6 Å². The molecule has 26 heavy (non-hydrogen) atoms. The molecule has 0 aliphatic heterocycles. The van der Waals surface area contributed by atoms with E-state index in [1.165, 1.54) is 0 Å². The highest BCUT2D eigenvalue weighted by Gasteiger charge is 2.31. The fourth-order valence-electron chi connectivity index (χ4n) is 2.88. The molecule has 1 aliphatic carbocycles. The van der Waals surface area contributed by atoms with Crippen molar-refractivity contribution in [2.24, 2.45) is 5.73 Å². The molecule has 1 aromatic carbocycles. The van der Waals surface area contributed by atoms with E-state index in [1.54, 1.807) is 14.2 Å². The minimum Gasteiger partial charge on any atom is -0.497 e. The number of benzene rings is 1. The first-order valence-corrected chi connectivity index (χ1v) is 8.80. The summed E-state index contributed by atoms with van der Waals surface area (Å²) in [5.41, 5.74) is 8.66. The SMILES string of the molecule is COc1ccc(CNC2=C(N)[C@H](OC(=O)NC(C)C)CCC2OC)cc1. The standard InChI is InChI=1S/C19H29N3O4/c1-12(2)22-19(23)26-15-9-10-16(25-4)18(17(15)20)21-11-13-5-7-14(24-3)8-6-13/h5-8,12,15-16,21H,9-11,20H2,1-4H3,(H,22,23)/t15-,16?/m1/s1. The maximum absolute atomic E-state index is 11.9. The average molecular weight is 363 g/mol. The van der Waals surface area contributed by atoms with Gasteiger partial charge in [-0.2, -0.15) is 0 Å². The largest absolute Gasteiger partial charge is 0.497 e. The molecule has 7 heteroatoms. The first kappa shape index (κ1) is 19.9. The van der Waals surface area contributed by atoms with Crippen molar-refractivity contribution in [2.75, 3.05) is 14.2 Å². The average Bonchev–Trinajstić information content (AvgIpc) is 2.62. The number of hydrogen-bond donors (Lipinski definition) is 3. The first-order chi connectivity index (χ1) is 12.4. The van der Waals surface area contributed by atoms with Crippen LogP contribution in [0.2, 0.25) is 0 Å². The molecule has 1 amide bonds. The Morgan fingerprint density at radius 3 is 2.42 bits per heavy atom. The Morgan fingerprint density at radius 1 is 1.19 bits per heavy atom. The van der Waals surface area contributed by atoms with Crippen LogP contribution >= 0.6 is 0 Å². The summed E-state index contributed by atoms with van der Waals surface area (Å²) in [6, 6.07) is 7.79. The molecule has 0 saturated heterocycles. The van der Waals surface area contributed by atoms with Gasteiger partial charge in [0.05, 0.1) is 24.6 Å². The second-order valence-electron chi connectivity index (χ2n) is 6.57. The molecule has 0 spiro atoms. The Balaban J connectivity index is 2.07. The van der Waals surface area contributed by atoms with Crippen molar-refractivity contribution in [2.45, 2.75) is 51.5 Å². The van der Waals surface area contributed by atoms with Crippen molar-refractivity contribution in [1.29, 1.82) is 0 Å². The van der Waals surface area contributed by atoms with Crippen LogP contribution in [0.4, 0.5) is 4.79 Å². The summed E-state index contributed by atoms with van der Waals surface area (Å²) in [5.74, 6) is 0.810. The van der Waals surface area contributed by atoms with E-state index in [4.69, 9.17) is 19.9 Å². The number of alkyl carbamates (subject to hydrolysis) is 1. The van der Waals surface area contributed by atoms with Gasteiger partial charge in [0.2, 0.25) is 0 Å². The number of ether oxygens (including phenoxy) is 3. The number of nitrogens with one attached hydrogen (secondary N) is 2. The predicted molar refractivity (Wildman–Crippen MR) is 99.6 cm³/mol. The highest BCUT2D eigenvalue weighted by molar-refractivity contribution is 5.68. The third-order valence-corrected chi connectivity index (χ3v) is 4.25. The summed E-state index contributed by atoms with van der Waals surface area (Å²) in [6.07, 6.45) is 0.295. The van der Waals surface area contributed by atoms with Gasteiger partial charge < -0.3 is 30.6 Å². The smallest absolute Gasteiger partial charge is 0.407 e. The van der Waals surface area contributed by atoms with Crippen LogP contribution in [0.15, 0.2) is 35.7 Å². The van der Waals surface area contributed by atoms with Gasteiger partial charge in [-0.05, 0) is 44.4 Å². The Kier molecular flexibility index (Phi) is 7.15. The van der Waals surface area contributed by atoms with E-state index in [-0.39, 0.29) is 12.1 Å². The molecule has 0 bridgehead atoms. The van der Waals surface area contributed by atoms with Gasteiger partial charge in [-0.3, -0.25) is 0 Å². The highest BCUT2D eigenvalue weighted by atomic mass is 16.6. The van der Waals surface area contributed by atoms with E-state index in [1.807, 2.05) is 38.1 Å². The summed E-state index contributed by atoms with van der Waals surface area (Å²) >= 11 is 0. The number of amides is 1. The predicted octanol–water partition coefficient (Wildman–Crippen LogP) is 2.27. The van der Waals surface area contributed by atoms with Gasteiger partial charge >= 0.3 is 6.09 Å². The molecule has 2 rings (SSSR count). The normalized spacial score (nSPS) is 20.0. The van der Waals surface area contributed by atoms with Crippen LogP contribution in [-0.4, -0.2) is 38.6 Å². The number of hydrogen-bond acceptors (Lipinski definition) is 6. The molecular formula is C19H29N3O4. The van der Waals surface area contributed by atoms with Crippen LogP contribution in [0.3, 0.4) is 0 Å².